The molecular formula is C22H28N6O. The molecule has 1 atom stereocenters. The van der Waals surface area contributed by atoms with Crippen molar-refractivity contribution in [2.75, 3.05) is 26.2 Å². The average molecular weight is 393 g/mol. The van der Waals surface area contributed by atoms with Crippen LogP contribution in [0.3, 0.4) is 0 Å². The first-order valence-electron chi connectivity index (χ1n) is 10.3. The fourth-order valence-electron chi connectivity index (χ4n) is 4.35. The molecule has 3 aromatic rings. The Bertz CT molecular complexity index is 992. The molecule has 2 N–H and O–H groups in total. The van der Waals surface area contributed by atoms with Crippen LogP contribution in [0.1, 0.15) is 36.2 Å². The minimum atomic E-state index is -0.501. The van der Waals surface area contributed by atoms with E-state index in [9.17, 15) is 4.79 Å². The molecule has 1 saturated heterocycles. The van der Waals surface area contributed by atoms with Crippen LogP contribution >= 0.6 is 0 Å². The molecule has 1 fully saturated rings. The molecule has 0 radical (unpaired) electrons. The van der Waals surface area contributed by atoms with Gasteiger partial charge in [-0.2, -0.15) is 5.10 Å². The molecule has 1 amide bonds. The lowest BCUT2D eigenvalue weighted by atomic mass is 10.1. The topological polar surface area (TPSA) is 79.8 Å². The number of pyridine rings is 1. The predicted octanol–water partition coefficient (Wildman–Crippen LogP) is 2.41. The zero-order chi connectivity index (χ0) is 20.4. The van der Waals surface area contributed by atoms with Gasteiger partial charge < -0.3 is 5.73 Å². The van der Waals surface area contributed by atoms with Crippen molar-refractivity contribution in [2.45, 2.75) is 32.9 Å². The molecule has 7 nitrogen and oxygen atoms in total. The molecule has 0 aliphatic carbocycles. The van der Waals surface area contributed by atoms with Gasteiger partial charge in [0, 0.05) is 31.2 Å². The van der Waals surface area contributed by atoms with Gasteiger partial charge in [-0.25, -0.2) is 9.50 Å². The SMILES string of the molecule is CCN(CC)C1CCN(Cc2ccc(-c3ccc(C(N)=O)c4ncnn34)cc2)C1. The molecule has 7 heteroatoms. The number of likely N-dealkylation sites (tertiary alicyclic amines) is 1. The standard InChI is InChI=1S/C22H28N6O/c1-3-27(4-2)18-11-12-26(14-18)13-16-5-7-17(8-6-16)20-10-9-19(21(23)29)22-24-15-25-28(20)22/h5-10,15,18H,3-4,11-14H2,1-2H3,(H2,23,29). The van der Waals surface area contributed by atoms with Gasteiger partial charge in [0.15, 0.2) is 5.65 Å². The summed E-state index contributed by atoms with van der Waals surface area (Å²) < 4.78 is 1.67. The number of rotatable bonds is 7. The van der Waals surface area contributed by atoms with Crippen LogP contribution in [-0.4, -0.2) is 62.5 Å². The third kappa shape index (κ3) is 3.88. The highest BCUT2D eigenvalue weighted by molar-refractivity contribution is 5.99. The number of likely N-dealkylation sites (N-methyl/N-ethyl adjacent to an activating group) is 1. The second-order valence-electron chi connectivity index (χ2n) is 7.59. The van der Waals surface area contributed by atoms with Crippen LogP contribution in [0.25, 0.3) is 16.9 Å². The van der Waals surface area contributed by atoms with Crippen molar-refractivity contribution in [1.82, 2.24) is 24.4 Å². The van der Waals surface area contributed by atoms with Gasteiger partial charge in [0.1, 0.15) is 6.33 Å². The Kier molecular flexibility index (Phi) is 5.60. The molecule has 1 aliphatic heterocycles. The average Bonchev–Trinajstić information content (AvgIpc) is 3.39. The molecule has 2 aromatic heterocycles. The Morgan fingerprint density at radius 2 is 1.93 bits per heavy atom. The van der Waals surface area contributed by atoms with E-state index in [1.165, 1.54) is 18.3 Å². The van der Waals surface area contributed by atoms with Crippen LogP contribution in [0.2, 0.25) is 0 Å². The first kappa shape index (κ1) is 19.5. The van der Waals surface area contributed by atoms with Crippen molar-refractivity contribution in [2.24, 2.45) is 5.73 Å². The third-order valence-electron chi connectivity index (χ3n) is 5.92. The molecular weight excluding hydrogens is 364 g/mol. The van der Waals surface area contributed by atoms with E-state index >= 15 is 0 Å². The summed E-state index contributed by atoms with van der Waals surface area (Å²) in [5.74, 6) is -0.501. The fraction of sp³-hybridized carbons (Fsp3) is 0.409. The van der Waals surface area contributed by atoms with Crippen LogP contribution in [-0.2, 0) is 6.54 Å². The van der Waals surface area contributed by atoms with Gasteiger partial charge in [-0.3, -0.25) is 14.6 Å². The van der Waals surface area contributed by atoms with E-state index in [4.69, 9.17) is 5.73 Å². The molecule has 0 spiro atoms. The molecule has 152 valence electrons. The Morgan fingerprint density at radius 3 is 2.62 bits per heavy atom. The smallest absolute Gasteiger partial charge is 0.252 e. The van der Waals surface area contributed by atoms with Crippen LogP contribution in [0, 0.1) is 0 Å². The van der Waals surface area contributed by atoms with Gasteiger partial charge in [-0.1, -0.05) is 38.1 Å². The quantitative estimate of drug-likeness (QED) is 0.668. The first-order valence-corrected chi connectivity index (χ1v) is 10.3. The first-order chi connectivity index (χ1) is 14.1. The normalized spacial score (nSPS) is 17.4. The molecule has 0 bridgehead atoms. The monoisotopic (exact) mass is 392 g/mol. The predicted molar refractivity (Wildman–Crippen MR) is 114 cm³/mol. The van der Waals surface area contributed by atoms with Gasteiger partial charge >= 0.3 is 0 Å². The van der Waals surface area contributed by atoms with Crippen molar-refractivity contribution < 1.29 is 4.79 Å². The molecule has 0 saturated carbocycles. The molecule has 1 aromatic carbocycles. The summed E-state index contributed by atoms with van der Waals surface area (Å²) >= 11 is 0. The van der Waals surface area contributed by atoms with Crippen LogP contribution in [0.15, 0.2) is 42.7 Å². The molecule has 29 heavy (non-hydrogen) atoms. The van der Waals surface area contributed by atoms with E-state index in [1.807, 2.05) is 6.07 Å². The molecule has 1 unspecified atom stereocenters. The summed E-state index contributed by atoms with van der Waals surface area (Å²) in [4.78, 5) is 20.9. The van der Waals surface area contributed by atoms with E-state index in [-0.39, 0.29) is 0 Å². The number of amides is 1. The third-order valence-corrected chi connectivity index (χ3v) is 5.92. The second-order valence-corrected chi connectivity index (χ2v) is 7.59. The van der Waals surface area contributed by atoms with Crippen LogP contribution in [0.4, 0.5) is 0 Å². The zero-order valence-corrected chi connectivity index (χ0v) is 17.1. The minimum Gasteiger partial charge on any atom is -0.365 e. The van der Waals surface area contributed by atoms with Crippen molar-refractivity contribution in [3.63, 3.8) is 0 Å². The van der Waals surface area contributed by atoms with Crippen molar-refractivity contribution in [3.05, 3.63) is 53.9 Å². The van der Waals surface area contributed by atoms with Crippen molar-refractivity contribution in [3.8, 4) is 11.3 Å². The number of aromatic nitrogens is 3. The number of primary amides is 1. The highest BCUT2D eigenvalue weighted by Gasteiger charge is 2.25. The summed E-state index contributed by atoms with van der Waals surface area (Å²) in [6.45, 7) is 9.98. The summed E-state index contributed by atoms with van der Waals surface area (Å²) in [6.07, 6.45) is 2.69. The lowest BCUT2D eigenvalue weighted by molar-refractivity contribution is 0.100. The van der Waals surface area contributed by atoms with Gasteiger partial charge in [0.05, 0.1) is 11.3 Å². The van der Waals surface area contributed by atoms with Gasteiger partial charge in [-0.05, 0) is 37.2 Å². The summed E-state index contributed by atoms with van der Waals surface area (Å²) in [7, 11) is 0. The van der Waals surface area contributed by atoms with Gasteiger partial charge in [0.2, 0.25) is 0 Å². The number of benzene rings is 1. The highest BCUT2D eigenvalue weighted by Crippen LogP contribution is 2.24. The maximum absolute atomic E-state index is 11.6. The number of carbonyl (C=O) groups excluding carboxylic acids is 1. The number of nitrogens with zero attached hydrogens (tertiary/aromatic N) is 5. The Labute approximate surface area is 171 Å². The van der Waals surface area contributed by atoms with E-state index in [2.05, 4.69) is 58.0 Å². The Hall–Kier alpha value is -2.77. The Balaban J connectivity index is 1.49. The number of carbonyl (C=O) groups is 1. The summed E-state index contributed by atoms with van der Waals surface area (Å²) in [5.41, 5.74) is 9.52. The van der Waals surface area contributed by atoms with Crippen molar-refractivity contribution in [1.29, 1.82) is 0 Å². The van der Waals surface area contributed by atoms with E-state index in [0.717, 1.165) is 44.0 Å². The highest BCUT2D eigenvalue weighted by atomic mass is 16.1. The summed E-state index contributed by atoms with van der Waals surface area (Å²) in [6, 6.07) is 12.8. The second kappa shape index (κ2) is 8.31. The van der Waals surface area contributed by atoms with Crippen molar-refractivity contribution >= 4 is 11.6 Å². The van der Waals surface area contributed by atoms with E-state index in [1.54, 1.807) is 10.6 Å². The number of hydrogen-bond acceptors (Lipinski definition) is 5. The molecule has 1 aliphatic rings. The largest absolute Gasteiger partial charge is 0.365 e. The maximum atomic E-state index is 11.6. The van der Waals surface area contributed by atoms with Gasteiger partial charge in [0.25, 0.3) is 5.91 Å². The zero-order valence-electron chi connectivity index (χ0n) is 17.1. The molecule has 4 rings (SSSR count). The van der Waals surface area contributed by atoms with E-state index in [0.29, 0.717) is 17.3 Å². The lowest BCUT2D eigenvalue weighted by Crippen LogP contribution is -2.37. The molecule has 3 heterocycles. The van der Waals surface area contributed by atoms with Gasteiger partial charge in [-0.15, -0.1) is 0 Å². The maximum Gasteiger partial charge on any atom is 0.252 e. The summed E-state index contributed by atoms with van der Waals surface area (Å²) in [5, 5.41) is 4.27. The number of hydrogen-bond donors (Lipinski definition) is 1. The Morgan fingerprint density at radius 1 is 1.17 bits per heavy atom. The number of nitrogens with two attached hydrogens (primary N) is 1. The number of fused-ring (bicyclic) bond motifs is 1. The van der Waals surface area contributed by atoms with Crippen LogP contribution < -0.4 is 5.73 Å². The lowest BCUT2D eigenvalue weighted by Gasteiger charge is -2.26. The minimum absolute atomic E-state index is 0.375. The van der Waals surface area contributed by atoms with Crippen LogP contribution in [0.5, 0.6) is 0 Å². The fourth-order valence-corrected chi connectivity index (χ4v) is 4.35. The van der Waals surface area contributed by atoms with E-state index < -0.39 is 5.91 Å².